The highest BCUT2D eigenvalue weighted by Crippen LogP contribution is 2.23. The molecular weight excluding hydrogens is 350 g/mol. The number of hydrazone groups is 1. The van der Waals surface area contributed by atoms with E-state index in [0.29, 0.717) is 10.7 Å². The molecule has 3 aromatic rings. The lowest BCUT2D eigenvalue weighted by Crippen LogP contribution is -2.17. The van der Waals surface area contributed by atoms with E-state index in [2.05, 4.69) is 15.5 Å². The molecule has 3 rings (SSSR count). The number of hydrogen-bond donors (Lipinski definition) is 3. The molecule has 0 unspecified atom stereocenters. The number of hydrogen-bond acceptors (Lipinski definition) is 3. The standard InChI is InChI=1S/C20H18ClN3O2/c1-12-7-14(8-13(2)19(12)25)10-23-24-20(26)18-9-16(11-22-18)15-3-5-17(21)6-4-15/h3-11,22,25H,1-2H3,(H,24,26)/b23-10+. The fraction of sp³-hybridized carbons (Fsp3) is 0.100. The molecule has 0 aliphatic rings. The Balaban J connectivity index is 1.68. The van der Waals surface area contributed by atoms with Gasteiger partial charge in [-0.05, 0) is 72.0 Å². The number of nitrogens with one attached hydrogen (secondary N) is 2. The van der Waals surface area contributed by atoms with Crippen molar-refractivity contribution >= 4 is 23.7 Å². The Labute approximate surface area is 156 Å². The molecule has 0 aliphatic carbocycles. The maximum Gasteiger partial charge on any atom is 0.287 e. The fourth-order valence-electron chi connectivity index (χ4n) is 2.62. The molecule has 2 aromatic carbocycles. The molecule has 3 N–H and O–H groups in total. The molecule has 26 heavy (non-hydrogen) atoms. The molecule has 1 amide bonds. The van der Waals surface area contributed by atoms with Crippen molar-refractivity contribution in [3.8, 4) is 16.9 Å². The third-order valence-corrected chi connectivity index (χ3v) is 4.25. The minimum atomic E-state index is -0.339. The van der Waals surface area contributed by atoms with Gasteiger partial charge < -0.3 is 10.1 Å². The molecular formula is C20H18ClN3O2. The number of aromatic nitrogens is 1. The Morgan fingerprint density at radius 1 is 1.12 bits per heavy atom. The van der Waals surface area contributed by atoms with E-state index < -0.39 is 0 Å². The van der Waals surface area contributed by atoms with Crippen LogP contribution in [0.2, 0.25) is 5.02 Å². The number of H-pyrrole nitrogens is 1. The van der Waals surface area contributed by atoms with E-state index in [4.69, 9.17) is 11.6 Å². The van der Waals surface area contributed by atoms with Gasteiger partial charge in [-0.25, -0.2) is 5.43 Å². The number of carbonyl (C=O) groups is 1. The lowest BCUT2D eigenvalue weighted by atomic mass is 10.1. The lowest BCUT2D eigenvalue weighted by molar-refractivity contribution is 0.0951. The molecule has 0 aliphatic heterocycles. The van der Waals surface area contributed by atoms with Gasteiger partial charge in [-0.3, -0.25) is 4.79 Å². The lowest BCUT2D eigenvalue weighted by Gasteiger charge is -2.04. The van der Waals surface area contributed by atoms with Crippen molar-refractivity contribution in [2.75, 3.05) is 0 Å². The van der Waals surface area contributed by atoms with Gasteiger partial charge in [-0.15, -0.1) is 0 Å². The zero-order chi connectivity index (χ0) is 18.7. The second kappa shape index (κ2) is 7.45. The zero-order valence-electron chi connectivity index (χ0n) is 14.4. The number of carbonyl (C=O) groups excluding carboxylic acids is 1. The number of amides is 1. The van der Waals surface area contributed by atoms with Crippen LogP contribution < -0.4 is 5.43 Å². The van der Waals surface area contributed by atoms with Gasteiger partial charge in [0.15, 0.2) is 0 Å². The molecule has 1 aromatic heterocycles. The van der Waals surface area contributed by atoms with Gasteiger partial charge in [-0.2, -0.15) is 5.10 Å². The van der Waals surface area contributed by atoms with E-state index in [-0.39, 0.29) is 11.7 Å². The van der Waals surface area contributed by atoms with Crippen molar-refractivity contribution in [2.24, 2.45) is 5.10 Å². The number of halogens is 1. The fourth-order valence-corrected chi connectivity index (χ4v) is 2.75. The topological polar surface area (TPSA) is 77.5 Å². The molecule has 1 heterocycles. The Morgan fingerprint density at radius 3 is 2.42 bits per heavy atom. The third-order valence-electron chi connectivity index (χ3n) is 4.00. The summed E-state index contributed by atoms with van der Waals surface area (Å²) in [4.78, 5) is 15.1. The molecule has 5 nitrogen and oxygen atoms in total. The van der Waals surface area contributed by atoms with Gasteiger partial charge in [0.05, 0.1) is 6.21 Å². The molecule has 0 radical (unpaired) electrons. The predicted molar refractivity (Wildman–Crippen MR) is 104 cm³/mol. The number of rotatable bonds is 4. The highest BCUT2D eigenvalue weighted by molar-refractivity contribution is 6.30. The number of aromatic amines is 1. The van der Waals surface area contributed by atoms with Crippen LogP contribution in [0.1, 0.15) is 27.2 Å². The normalized spacial score (nSPS) is 11.0. The van der Waals surface area contributed by atoms with Gasteiger partial charge in [-0.1, -0.05) is 23.7 Å². The second-order valence-corrected chi connectivity index (χ2v) is 6.45. The number of aryl methyl sites for hydroxylation is 2. The van der Waals surface area contributed by atoms with Crippen LogP contribution in [-0.2, 0) is 0 Å². The van der Waals surface area contributed by atoms with Crippen molar-refractivity contribution in [1.29, 1.82) is 0 Å². The van der Waals surface area contributed by atoms with Gasteiger partial charge in [0.25, 0.3) is 5.91 Å². The number of phenolic OH excluding ortho intramolecular Hbond substituents is 1. The summed E-state index contributed by atoms with van der Waals surface area (Å²) in [6.45, 7) is 3.63. The SMILES string of the molecule is Cc1cc(/C=N/NC(=O)c2cc(-c3ccc(Cl)cc3)c[nH]2)cc(C)c1O. The third kappa shape index (κ3) is 3.95. The van der Waals surface area contributed by atoms with E-state index in [9.17, 15) is 9.90 Å². The van der Waals surface area contributed by atoms with Crippen LogP contribution in [0.25, 0.3) is 11.1 Å². The monoisotopic (exact) mass is 367 g/mol. The summed E-state index contributed by atoms with van der Waals surface area (Å²) in [6.07, 6.45) is 3.30. The predicted octanol–water partition coefficient (Wildman–Crippen LogP) is 4.42. The van der Waals surface area contributed by atoms with Gasteiger partial charge >= 0.3 is 0 Å². The summed E-state index contributed by atoms with van der Waals surface area (Å²) in [5.74, 6) is -0.0685. The summed E-state index contributed by atoms with van der Waals surface area (Å²) in [5.41, 5.74) is 7.06. The number of phenols is 1. The van der Waals surface area contributed by atoms with Crippen LogP contribution in [0.3, 0.4) is 0 Å². The van der Waals surface area contributed by atoms with E-state index in [1.54, 1.807) is 42.7 Å². The summed E-state index contributed by atoms with van der Waals surface area (Å²) in [7, 11) is 0. The summed E-state index contributed by atoms with van der Waals surface area (Å²) >= 11 is 5.89. The summed E-state index contributed by atoms with van der Waals surface area (Å²) in [5, 5.41) is 14.4. The largest absolute Gasteiger partial charge is 0.507 e. The molecule has 0 atom stereocenters. The number of aromatic hydroxyl groups is 1. The van der Waals surface area contributed by atoms with Crippen LogP contribution in [0, 0.1) is 13.8 Å². The van der Waals surface area contributed by atoms with Gasteiger partial charge in [0.2, 0.25) is 0 Å². The molecule has 0 saturated heterocycles. The van der Waals surface area contributed by atoms with Crippen molar-refractivity contribution < 1.29 is 9.90 Å². The number of nitrogens with zero attached hydrogens (tertiary/aromatic N) is 1. The maximum absolute atomic E-state index is 12.2. The average Bonchev–Trinajstić information content (AvgIpc) is 3.10. The van der Waals surface area contributed by atoms with Gasteiger partial charge in [0.1, 0.15) is 11.4 Å². The Bertz CT molecular complexity index is 952. The molecule has 0 fully saturated rings. The zero-order valence-corrected chi connectivity index (χ0v) is 15.1. The van der Waals surface area contributed by atoms with Crippen molar-refractivity contribution in [3.63, 3.8) is 0 Å². The first-order chi connectivity index (χ1) is 12.4. The van der Waals surface area contributed by atoms with Crippen molar-refractivity contribution in [2.45, 2.75) is 13.8 Å². The molecule has 132 valence electrons. The molecule has 0 saturated carbocycles. The Morgan fingerprint density at radius 2 is 1.77 bits per heavy atom. The smallest absolute Gasteiger partial charge is 0.287 e. The first-order valence-corrected chi connectivity index (χ1v) is 8.40. The summed E-state index contributed by atoms with van der Waals surface area (Å²) in [6, 6.07) is 12.7. The molecule has 6 heteroatoms. The Kier molecular flexibility index (Phi) is 5.09. The van der Waals surface area contributed by atoms with Crippen LogP contribution >= 0.6 is 11.6 Å². The quantitative estimate of drug-likeness (QED) is 0.471. The molecule has 0 spiro atoms. The highest BCUT2D eigenvalue weighted by Gasteiger charge is 2.09. The Hall–Kier alpha value is -3.05. The van der Waals surface area contributed by atoms with Gasteiger partial charge in [0, 0.05) is 11.2 Å². The average molecular weight is 368 g/mol. The minimum absolute atomic E-state index is 0.271. The van der Waals surface area contributed by atoms with E-state index in [1.165, 1.54) is 0 Å². The van der Waals surface area contributed by atoms with E-state index >= 15 is 0 Å². The first kappa shape index (κ1) is 17.8. The summed E-state index contributed by atoms with van der Waals surface area (Å²) < 4.78 is 0. The van der Waals surface area contributed by atoms with Crippen LogP contribution in [0.15, 0.2) is 53.8 Å². The number of benzene rings is 2. The maximum atomic E-state index is 12.2. The van der Waals surface area contributed by atoms with E-state index in [0.717, 1.165) is 27.8 Å². The van der Waals surface area contributed by atoms with E-state index in [1.807, 2.05) is 26.0 Å². The second-order valence-electron chi connectivity index (χ2n) is 6.01. The molecule has 0 bridgehead atoms. The highest BCUT2D eigenvalue weighted by atomic mass is 35.5. The minimum Gasteiger partial charge on any atom is -0.507 e. The van der Waals surface area contributed by atoms with Crippen LogP contribution in [0.5, 0.6) is 5.75 Å². The first-order valence-electron chi connectivity index (χ1n) is 8.02. The van der Waals surface area contributed by atoms with Crippen molar-refractivity contribution in [3.05, 3.63) is 76.1 Å². The van der Waals surface area contributed by atoms with Crippen molar-refractivity contribution in [1.82, 2.24) is 10.4 Å². The van der Waals surface area contributed by atoms with Crippen LogP contribution in [0.4, 0.5) is 0 Å². The van der Waals surface area contributed by atoms with Crippen LogP contribution in [-0.4, -0.2) is 22.2 Å².